The van der Waals surface area contributed by atoms with Gasteiger partial charge < -0.3 is 0 Å². The van der Waals surface area contributed by atoms with Gasteiger partial charge in [-0.25, -0.2) is 8.42 Å². The SMILES string of the molecule is CN(C(C)(C#N)Cn1cc(Br)cn1)S(=O)(=O)C=Cc1ccccc1Cl. The second-order valence-corrected chi connectivity index (χ2v) is 8.75. The van der Waals surface area contributed by atoms with E-state index in [0.717, 1.165) is 14.2 Å². The molecule has 2 aromatic rings. The minimum absolute atomic E-state index is 0.0881. The van der Waals surface area contributed by atoms with Gasteiger partial charge in [-0.3, -0.25) is 4.68 Å². The lowest BCUT2D eigenvalue weighted by Crippen LogP contribution is -2.48. The van der Waals surface area contributed by atoms with Crippen LogP contribution in [0.3, 0.4) is 0 Å². The van der Waals surface area contributed by atoms with Crippen LogP contribution in [0.15, 0.2) is 46.5 Å². The quantitative estimate of drug-likeness (QED) is 0.684. The Morgan fingerprint density at radius 1 is 1.48 bits per heavy atom. The summed E-state index contributed by atoms with van der Waals surface area (Å²) in [7, 11) is -2.47. The number of hydrogen-bond donors (Lipinski definition) is 0. The van der Waals surface area contributed by atoms with Gasteiger partial charge in [-0.1, -0.05) is 29.8 Å². The van der Waals surface area contributed by atoms with Crippen LogP contribution < -0.4 is 0 Å². The number of likely N-dealkylation sites (N-methyl/N-ethyl adjacent to an activating group) is 1. The van der Waals surface area contributed by atoms with Crippen LogP contribution in [0.1, 0.15) is 12.5 Å². The number of nitrogens with zero attached hydrogens (tertiary/aromatic N) is 4. The van der Waals surface area contributed by atoms with Crippen molar-refractivity contribution < 1.29 is 8.42 Å². The first-order valence-electron chi connectivity index (χ1n) is 7.19. The Balaban J connectivity index is 2.27. The molecule has 0 saturated heterocycles. The number of benzene rings is 1. The third kappa shape index (κ3) is 4.70. The van der Waals surface area contributed by atoms with Gasteiger partial charge in [0.15, 0.2) is 0 Å². The van der Waals surface area contributed by atoms with Crippen LogP contribution >= 0.6 is 27.5 Å². The number of aromatic nitrogens is 2. The topological polar surface area (TPSA) is 79.0 Å². The number of nitriles is 1. The van der Waals surface area contributed by atoms with Crippen molar-refractivity contribution in [1.29, 1.82) is 5.26 Å². The first kappa shape index (κ1) is 19.7. The first-order chi connectivity index (χ1) is 11.7. The second kappa shape index (κ2) is 7.70. The van der Waals surface area contributed by atoms with Gasteiger partial charge in [0, 0.05) is 23.7 Å². The molecule has 6 nitrogen and oxygen atoms in total. The Morgan fingerprint density at radius 3 is 2.72 bits per heavy atom. The Hall–Kier alpha value is -1.66. The fraction of sp³-hybridized carbons (Fsp3) is 0.250. The molecule has 9 heteroatoms. The summed E-state index contributed by atoms with van der Waals surface area (Å²) in [6.07, 6.45) is 4.66. The Morgan fingerprint density at radius 2 is 2.16 bits per heavy atom. The second-order valence-electron chi connectivity index (χ2n) is 5.58. The molecule has 0 amide bonds. The molecule has 1 atom stereocenters. The average Bonchev–Trinajstić information content (AvgIpc) is 2.98. The summed E-state index contributed by atoms with van der Waals surface area (Å²) in [5, 5.41) is 15.1. The molecule has 0 aliphatic carbocycles. The van der Waals surface area contributed by atoms with E-state index in [2.05, 4.69) is 27.1 Å². The molecule has 132 valence electrons. The van der Waals surface area contributed by atoms with Crippen LogP contribution in [0.5, 0.6) is 0 Å². The standard InChI is InChI=1S/C16H16BrClN4O2S/c1-16(11-19,12-22-10-14(17)9-20-22)21(2)25(23,24)8-7-13-5-3-4-6-15(13)18/h3-10H,12H2,1-2H3. The number of halogens is 2. The van der Waals surface area contributed by atoms with Crippen LogP contribution in [0, 0.1) is 11.3 Å². The Kier molecular flexibility index (Phi) is 6.06. The van der Waals surface area contributed by atoms with Crippen LogP contribution in [0.4, 0.5) is 0 Å². The van der Waals surface area contributed by atoms with E-state index in [9.17, 15) is 13.7 Å². The van der Waals surface area contributed by atoms with Gasteiger partial charge in [0.1, 0.15) is 5.54 Å². The monoisotopic (exact) mass is 442 g/mol. The van der Waals surface area contributed by atoms with Crippen molar-refractivity contribution >= 4 is 43.6 Å². The molecule has 0 spiro atoms. The van der Waals surface area contributed by atoms with Crippen molar-refractivity contribution in [2.75, 3.05) is 7.05 Å². The Labute approximate surface area is 160 Å². The molecular weight excluding hydrogens is 428 g/mol. The zero-order valence-corrected chi connectivity index (χ0v) is 16.8. The summed E-state index contributed by atoms with van der Waals surface area (Å²) in [6.45, 7) is 1.63. The fourth-order valence-electron chi connectivity index (χ4n) is 2.09. The van der Waals surface area contributed by atoms with Gasteiger partial charge in [0.05, 0.1) is 23.3 Å². The predicted molar refractivity (Wildman–Crippen MR) is 101 cm³/mol. The highest BCUT2D eigenvalue weighted by Gasteiger charge is 2.37. The summed E-state index contributed by atoms with van der Waals surface area (Å²) >= 11 is 9.31. The first-order valence-corrected chi connectivity index (χ1v) is 9.86. The minimum atomic E-state index is -3.84. The summed E-state index contributed by atoms with van der Waals surface area (Å²) in [5.74, 6) is 0. The third-order valence-electron chi connectivity index (χ3n) is 3.71. The van der Waals surface area contributed by atoms with Crippen molar-refractivity contribution in [3.8, 4) is 6.07 Å². The van der Waals surface area contributed by atoms with Crippen molar-refractivity contribution in [2.24, 2.45) is 0 Å². The van der Waals surface area contributed by atoms with Crippen molar-refractivity contribution in [3.63, 3.8) is 0 Å². The van der Waals surface area contributed by atoms with E-state index in [1.165, 1.54) is 17.8 Å². The van der Waals surface area contributed by atoms with E-state index in [-0.39, 0.29) is 6.54 Å². The smallest absolute Gasteiger partial charge is 0.237 e. The van der Waals surface area contributed by atoms with E-state index >= 15 is 0 Å². The lowest BCUT2D eigenvalue weighted by Gasteiger charge is -2.30. The van der Waals surface area contributed by atoms with E-state index in [1.807, 2.05) is 0 Å². The van der Waals surface area contributed by atoms with Gasteiger partial charge in [-0.15, -0.1) is 0 Å². The molecule has 0 radical (unpaired) electrons. The van der Waals surface area contributed by atoms with Gasteiger partial charge in [0.25, 0.3) is 0 Å². The van der Waals surface area contributed by atoms with Gasteiger partial charge in [-0.05, 0) is 40.6 Å². The zero-order chi connectivity index (χ0) is 18.7. The van der Waals surface area contributed by atoms with E-state index in [0.29, 0.717) is 10.6 Å². The lowest BCUT2D eigenvalue weighted by molar-refractivity contribution is 0.269. The van der Waals surface area contributed by atoms with Gasteiger partial charge in [0.2, 0.25) is 10.0 Å². The van der Waals surface area contributed by atoms with Crippen LogP contribution in [0.2, 0.25) is 5.02 Å². The molecule has 1 unspecified atom stereocenters. The maximum atomic E-state index is 12.6. The van der Waals surface area contributed by atoms with E-state index in [1.54, 1.807) is 43.6 Å². The normalized spacial score (nSPS) is 14.6. The summed E-state index contributed by atoms with van der Waals surface area (Å²) in [4.78, 5) is 0. The van der Waals surface area contributed by atoms with Gasteiger partial charge in [-0.2, -0.15) is 14.7 Å². The van der Waals surface area contributed by atoms with Crippen LogP contribution in [-0.2, 0) is 16.6 Å². The maximum absolute atomic E-state index is 12.6. The van der Waals surface area contributed by atoms with Crippen molar-refractivity contribution in [2.45, 2.75) is 19.0 Å². The molecule has 0 bridgehead atoms. The largest absolute Gasteiger partial charge is 0.269 e. The Bertz CT molecular complexity index is 936. The molecule has 1 aromatic carbocycles. The molecule has 25 heavy (non-hydrogen) atoms. The highest BCUT2D eigenvalue weighted by Crippen LogP contribution is 2.22. The van der Waals surface area contributed by atoms with E-state index in [4.69, 9.17) is 11.6 Å². The highest BCUT2D eigenvalue weighted by atomic mass is 79.9. The molecule has 1 aromatic heterocycles. The van der Waals surface area contributed by atoms with Crippen LogP contribution in [0.25, 0.3) is 6.08 Å². The molecule has 2 rings (SSSR count). The number of rotatable bonds is 6. The molecular formula is C16H16BrClN4O2S. The molecule has 0 N–H and O–H groups in total. The third-order valence-corrected chi connectivity index (χ3v) is 6.11. The summed E-state index contributed by atoms with van der Waals surface area (Å²) in [6, 6.07) is 8.96. The molecule has 0 aliphatic heterocycles. The average molecular weight is 444 g/mol. The minimum Gasteiger partial charge on any atom is -0.269 e. The molecule has 0 fully saturated rings. The lowest BCUT2D eigenvalue weighted by atomic mass is 10.1. The molecule has 1 heterocycles. The van der Waals surface area contributed by atoms with Gasteiger partial charge >= 0.3 is 0 Å². The maximum Gasteiger partial charge on any atom is 0.237 e. The fourth-order valence-corrected chi connectivity index (χ4v) is 3.78. The highest BCUT2D eigenvalue weighted by molar-refractivity contribution is 9.10. The van der Waals surface area contributed by atoms with Crippen molar-refractivity contribution in [1.82, 2.24) is 14.1 Å². The summed E-state index contributed by atoms with van der Waals surface area (Å²) in [5.41, 5.74) is -0.731. The molecule has 0 saturated carbocycles. The summed E-state index contributed by atoms with van der Waals surface area (Å²) < 4.78 is 28.5. The number of hydrogen-bond acceptors (Lipinski definition) is 4. The zero-order valence-electron chi connectivity index (χ0n) is 13.6. The predicted octanol–water partition coefficient (Wildman–Crippen LogP) is 3.51. The van der Waals surface area contributed by atoms with Crippen LogP contribution in [-0.4, -0.2) is 35.1 Å². The van der Waals surface area contributed by atoms with E-state index < -0.39 is 15.6 Å². The number of sulfonamides is 1. The molecule has 0 aliphatic rings. The van der Waals surface area contributed by atoms with Crippen molar-refractivity contribution in [3.05, 3.63) is 57.1 Å².